The smallest absolute Gasteiger partial charge is 0.216 e. The summed E-state index contributed by atoms with van der Waals surface area (Å²) in [6.45, 7) is 1.12. The van der Waals surface area contributed by atoms with Crippen LogP contribution in [0, 0.1) is 0 Å². The predicted molar refractivity (Wildman–Crippen MR) is 78.9 cm³/mol. The Kier molecular flexibility index (Phi) is 2.90. The molecule has 0 amide bonds. The Bertz CT molecular complexity index is 741. The summed E-state index contributed by atoms with van der Waals surface area (Å²) < 4.78 is 7.51. The molecule has 0 saturated heterocycles. The van der Waals surface area contributed by atoms with Crippen LogP contribution >= 0.6 is 11.3 Å². The van der Waals surface area contributed by atoms with Crippen LogP contribution in [0.2, 0.25) is 0 Å². The van der Waals surface area contributed by atoms with E-state index in [1.807, 2.05) is 23.7 Å². The van der Waals surface area contributed by atoms with Gasteiger partial charge in [0.25, 0.3) is 0 Å². The van der Waals surface area contributed by atoms with Gasteiger partial charge in [0.2, 0.25) is 5.89 Å². The SMILES string of the molecule is NCC1(c2cn(Cc3ncc(-c4cccs4)o3)nn2)CC1. The molecule has 108 valence electrons. The molecule has 0 radical (unpaired) electrons. The molecule has 3 heterocycles. The lowest BCUT2D eigenvalue weighted by Gasteiger charge is -2.05. The molecule has 1 fully saturated rings. The van der Waals surface area contributed by atoms with Gasteiger partial charge in [-0.3, -0.25) is 0 Å². The van der Waals surface area contributed by atoms with Gasteiger partial charge in [-0.2, -0.15) is 0 Å². The molecule has 3 aromatic rings. The molecule has 0 aromatic carbocycles. The summed E-state index contributed by atoms with van der Waals surface area (Å²) in [5.41, 5.74) is 6.86. The Morgan fingerprint density at radius 3 is 3.05 bits per heavy atom. The van der Waals surface area contributed by atoms with Crippen LogP contribution in [0.15, 0.2) is 34.3 Å². The van der Waals surface area contributed by atoms with E-state index < -0.39 is 0 Å². The van der Waals surface area contributed by atoms with Crippen molar-refractivity contribution in [2.75, 3.05) is 6.54 Å². The van der Waals surface area contributed by atoms with E-state index in [0.29, 0.717) is 19.0 Å². The number of aromatic nitrogens is 4. The van der Waals surface area contributed by atoms with Crippen LogP contribution < -0.4 is 5.73 Å². The molecular formula is C14H15N5OS. The number of hydrogen-bond donors (Lipinski definition) is 1. The molecule has 7 heteroatoms. The molecule has 1 aliphatic carbocycles. The summed E-state index contributed by atoms with van der Waals surface area (Å²) in [6, 6.07) is 4.01. The summed E-state index contributed by atoms with van der Waals surface area (Å²) in [5.74, 6) is 1.42. The van der Waals surface area contributed by atoms with Gasteiger partial charge in [-0.1, -0.05) is 11.3 Å². The molecule has 0 spiro atoms. The summed E-state index contributed by atoms with van der Waals surface area (Å²) in [6.07, 6.45) is 5.91. The summed E-state index contributed by atoms with van der Waals surface area (Å²) in [7, 11) is 0. The lowest BCUT2D eigenvalue weighted by atomic mass is 10.0. The van der Waals surface area contributed by atoms with E-state index >= 15 is 0 Å². The quantitative estimate of drug-likeness (QED) is 0.779. The van der Waals surface area contributed by atoms with Crippen LogP contribution in [0.25, 0.3) is 10.6 Å². The first kappa shape index (κ1) is 12.7. The molecule has 2 N–H and O–H groups in total. The van der Waals surface area contributed by atoms with Crippen molar-refractivity contribution in [1.82, 2.24) is 20.0 Å². The monoisotopic (exact) mass is 301 g/mol. The topological polar surface area (TPSA) is 82.8 Å². The molecule has 21 heavy (non-hydrogen) atoms. The lowest BCUT2D eigenvalue weighted by Crippen LogP contribution is -2.20. The first-order chi connectivity index (χ1) is 10.3. The van der Waals surface area contributed by atoms with Gasteiger partial charge in [0.05, 0.1) is 16.8 Å². The second-order valence-corrected chi connectivity index (χ2v) is 6.33. The van der Waals surface area contributed by atoms with Gasteiger partial charge in [0.1, 0.15) is 6.54 Å². The Morgan fingerprint density at radius 1 is 1.43 bits per heavy atom. The van der Waals surface area contributed by atoms with E-state index in [1.54, 1.807) is 22.2 Å². The molecule has 4 rings (SSSR count). The van der Waals surface area contributed by atoms with Gasteiger partial charge in [-0.05, 0) is 24.3 Å². The summed E-state index contributed by atoms with van der Waals surface area (Å²) in [5, 5.41) is 10.4. The molecule has 0 atom stereocenters. The van der Waals surface area contributed by atoms with Crippen molar-refractivity contribution >= 4 is 11.3 Å². The molecule has 3 aromatic heterocycles. The van der Waals surface area contributed by atoms with Crippen LogP contribution in [0.3, 0.4) is 0 Å². The van der Waals surface area contributed by atoms with Gasteiger partial charge in [0, 0.05) is 18.2 Å². The van der Waals surface area contributed by atoms with Crippen LogP contribution in [-0.2, 0) is 12.0 Å². The number of thiophene rings is 1. The van der Waals surface area contributed by atoms with Crippen molar-refractivity contribution in [2.24, 2.45) is 5.73 Å². The largest absolute Gasteiger partial charge is 0.438 e. The zero-order chi connectivity index (χ0) is 14.3. The molecular weight excluding hydrogens is 286 g/mol. The van der Waals surface area contributed by atoms with E-state index in [4.69, 9.17) is 10.2 Å². The minimum absolute atomic E-state index is 0.0664. The molecule has 1 saturated carbocycles. The van der Waals surface area contributed by atoms with E-state index in [1.165, 1.54) is 0 Å². The normalized spacial score (nSPS) is 16.2. The maximum atomic E-state index is 5.81. The Hall–Kier alpha value is -1.99. The molecule has 0 unspecified atom stereocenters. The van der Waals surface area contributed by atoms with Crippen molar-refractivity contribution in [1.29, 1.82) is 0 Å². The van der Waals surface area contributed by atoms with Crippen molar-refractivity contribution in [3.63, 3.8) is 0 Å². The van der Waals surface area contributed by atoms with Gasteiger partial charge in [-0.25, -0.2) is 9.67 Å². The number of rotatable bonds is 5. The molecule has 0 aliphatic heterocycles. The van der Waals surface area contributed by atoms with Gasteiger partial charge in [-0.15, -0.1) is 16.4 Å². The Labute approximate surface area is 125 Å². The molecule has 1 aliphatic rings. The van der Waals surface area contributed by atoms with Crippen molar-refractivity contribution in [3.05, 3.63) is 41.5 Å². The average molecular weight is 301 g/mol. The fourth-order valence-electron chi connectivity index (χ4n) is 2.39. The second kappa shape index (κ2) is 4.78. The minimum atomic E-state index is 0.0664. The van der Waals surface area contributed by atoms with Crippen molar-refractivity contribution in [3.8, 4) is 10.6 Å². The molecule has 0 bridgehead atoms. The zero-order valence-electron chi connectivity index (χ0n) is 11.4. The predicted octanol–water partition coefficient (Wildman–Crippen LogP) is 2.03. The second-order valence-electron chi connectivity index (χ2n) is 5.38. The van der Waals surface area contributed by atoms with E-state index in [9.17, 15) is 0 Å². The lowest BCUT2D eigenvalue weighted by molar-refractivity contribution is 0.470. The number of nitrogens with two attached hydrogens (primary N) is 1. The Balaban J connectivity index is 1.52. The molecule has 6 nitrogen and oxygen atoms in total. The summed E-state index contributed by atoms with van der Waals surface area (Å²) >= 11 is 1.63. The van der Waals surface area contributed by atoms with Crippen LogP contribution in [0.1, 0.15) is 24.4 Å². The van der Waals surface area contributed by atoms with Gasteiger partial charge >= 0.3 is 0 Å². The van der Waals surface area contributed by atoms with E-state index in [-0.39, 0.29) is 5.41 Å². The van der Waals surface area contributed by atoms with Crippen molar-refractivity contribution < 1.29 is 4.42 Å². The number of nitrogens with zero attached hydrogens (tertiary/aromatic N) is 4. The van der Waals surface area contributed by atoms with Crippen LogP contribution in [-0.4, -0.2) is 26.5 Å². The first-order valence-electron chi connectivity index (χ1n) is 6.88. The maximum Gasteiger partial charge on any atom is 0.216 e. The van der Waals surface area contributed by atoms with Crippen LogP contribution in [0.4, 0.5) is 0 Å². The third kappa shape index (κ3) is 2.28. The summed E-state index contributed by atoms with van der Waals surface area (Å²) in [4.78, 5) is 5.38. The van der Waals surface area contributed by atoms with Gasteiger partial charge in [0.15, 0.2) is 5.76 Å². The van der Waals surface area contributed by atoms with Crippen LogP contribution in [0.5, 0.6) is 0 Å². The highest BCUT2D eigenvalue weighted by atomic mass is 32.1. The Morgan fingerprint density at radius 2 is 2.33 bits per heavy atom. The first-order valence-corrected chi connectivity index (χ1v) is 7.76. The zero-order valence-corrected chi connectivity index (χ0v) is 12.2. The highest BCUT2D eigenvalue weighted by molar-refractivity contribution is 7.13. The van der Waals surface area contributed by atoms with E-state index in [0.717, 1.165) is 29.2 Å². The highest BCUT2D eigenvalue weighted by Crippen LogP contribution is 2.46. The minimum Gasteiger partial charge on any atom is -0.438 e. The maximum absolute atomic E-state index is 5.81. The fraction of sp³-hybridized carbons (Fsp3) is 0.357. The number of hydrogen-bond acceptors (Lipinski definition) is 6. The number of oxazole rings is 1. The highest BCUT2D eigenvalue weighted by Gasteiger charge is 2.45. The standard InChI is InChI=1S/C14H15N5OS/c15-9-14(3-4-14)12-7-19(18-17-12)8-13-16-6-10(20-13)11-2-1-5-21-11/h1-2,5-7H,3-4,8-9,15H2. The van der Waals surface area contributed by atoms with Gasteiger partial charge < -0.3 is 10.2 Å². The third-order valence-electron chi connectivity index (χ3n) is 3.94. The van der Waals surface area contributed by atoms with Crippen molar-refractivity contribution in [2.45, 2.75) is 24.8 Å². The third-order valence-corrected chi connectivity index (χ3v) is 4.83. The van der Waals surface area contributed by atoms with E-state index in [2.05, 4.69) is 15.3 Å². The average Bonchev–Trinajstić information content (AvgIpc) is 2.98. The fourth-order valence-corrected chi connectivity index (χ4v) is 3.06.